The Labute approximate surface area is 133 Å². The molecule has 1 heterocycles. The van der Waals surface area contributed by atoms with Gasteiger partial charge in [-0.15, -0.1) is 0 Å². The third-order valence-electron chi connectivity index (χ3n) is 4.14. The molecule has 1 atom stereocenters. The van der Waals surface area contributed by atoms with Gasteiger partial charge < -0.3 is 10.6 Å². The smallest absolute Gasteiger partial charge is 0.263 e. The van der Waals surface area contributed by atoms with Crippen molar-refractivity contribution in [3.05, 3.63) is 59.7 Å². The Balaban J connectivity index is 1.75. The van der Waals surface area contributed by atoms with E-state index in [9.17, 15) is 13.6 Å². The molecule has 0 aromatic heterocycles. The highest BCUT2D eigenvalue weighted by Gasteiger charge is 2.24. The highest BCUT2D eigenvalue weighted by atomic mass is 19.3. The van der Waals surface area contributed by atoms with E-state index in [0.29, 0.717) is 18.7 Å². The Morgan fingerprint density at radius 3 is 2.09 bits per heavy atom. The van der Waals surface area contributed by atoms with Crippen LogP contribution in [0.3, 0.4) is 0 Å². The Hall–Kier alpha value is -2.27. The number of hydrogen-bond donors (Lipinski definition) is 1. The maximum absolute atomic E-state index is 12.6. The number of hydrogen-bond acceptors (Lipinski definition) is 2. The fraction of sp³-hybridized carbons (Fsp3) is 0.278. The molecule has 1 amide bonds. The van der Waals surface area contributed by atoms with E-state index >= 15 is 0 Å². The van der Waals surface area contributed by atoms with E-state index in [1.165, 1.54) is 12.1 Å². The van der Waals surface area contributed by atoms with Crippen molar-refractivity contribution in [2.45, 2.75) is 18.9 Å². The Bertz CT molecular complexity index is 683. The maximum Gasteiger partial charge on any atom is 0.263 e. The average Bonchev–Trinajstić information content (AvgIpc) is 3.01. The lowest BCUT2D eigenvalue weighted by Gasteiger charge is -2.16. The van der Waals surface area contributed by atoms with E-state index in [0.717, 1.165) is 17.5 Å². The number of nitrogens with two attached hydrogens (primary N) is 1. The number of rotatable bonds is 3. The summed E-state index contributed by atoms with van der Waals surface area (Å²) >= 11 is 0. The van der Waals surface area contributed by atoms with Gasteiger partial charge in [0, 0.05) is 30.3 Å². The molecule has 1 aliphatic rings. The van der Waals surface area contributed by atoms with E-state index < -0.39 is 6.43 Å². The third kappa shape index (κ3) is 3.40. The largest absolute Gasteiger partial charge is 0.337 e. The highest BCUT2D eigenvalue weighted by Crippen LogP contribution is 2.25. The summed E-state index contributed by atoms with van der Waals surface area (Å²) in [5.41, 5.74) is 8.18. The van der Waals surface area contributed by atoms with E-state index in [2.05, 4.69) is 0 Å². The second kappa shape index (κ2) is 6.46. The number of halogens is 2. The van der Waals surface area contributed by atoms with Crippen LogP contribution in [0.5, 0.6) is 0 Å². The minimum atomic E-state index is -2.46. The predicted molar refractivity (Wildman–Crippen MR) is 85.3 cm³/mol. The minimum Gasteiger partial charge on any atom is -0.337 e. The minimum absolute atomic E-state index is 0.00548. The van der Waals surface area contributed by atoms with Crippen LogP contribution in [0.2, 0.25) is 0 Å². The van der Waals surface area contributed by atoms with E-state index in [1.807, 2.05) is 12.1 Å². The molecular weight excluding hydrogens is 298 g/mol. The van der Waals surface area contributed by atoms with Crippen LogP contribution in [0, 0.1) is 0 Å². The molecule has 23 heavy (non-hydrogen) atoms. The third-order valence-corrected chi connectivity index (χ3v) is 4.14. The summed E-state index contributed by atoms with van der Waals surface area (Å²) in [6, 6.07) is 13.4. The van der Waals surface area contributed by atoms with E-state index in [-0.39, 0.29) is 17.5 Å². The Morgan fingerprint density at radius 1 is 1.04 bits per heavy atom. The van der Waals surface area contributed by atoms with Crippen LogP contribution in [-0.2, 0) is 0 Å². The number of carbonyl (C=O) groups is 1. The molecule has 1 saturated heterocycles. The monoisotopic (exact) mass is 316 g/mol. The zero-order valence-electron chi connectivity index (χ0n) is 12.6. The molecular formula is C18H18F2N2O. The van der Waals surface area contributed by atoms with Gasteiger partial charge in [-0.25, -0.2) is 8.78 Å². The topological polar surface area (TPSA) is 46.3 Å². The van der Waals surface area contributed by atoms with Gasteiger partial charge in [0.2, 0.25) is 0 Å². The second-order valence-electron chi connectivity index (χ2n) is 5.80. The van der Waals surface area contributed by atoms with Crippen LogP contribution in [0.4, 0.5) is 8.78 Å². The molecule has 3 rings (SSSR count). The summed E-state index contributed by atoms with van der Waals surface area (Å²) in [4.78, 5) is 14.1. The summed E-state index contributed by atoms with van der Waals surface area (Å²) in [6.07, 6.45) is -1.63. The summed E-state index contributed by atoms with van der Waals surface area (Å²) in [5.74, 6) is -0.0162. The summed E-state index contributed by atoms with van der Waals surface area (Å²) in [7, 11) is 0. The standard InChI is InChI=1S/C18H18F2N2O/c19-17(20)14-5-1-12(2-6-14)13-3-7-15(8-4-13)18(23)22-10-9-16(21)11-22/h1-8,16-17H,9-11,21H2/t16-/m0/s1. The molecule has 2 aromatic carbocycles. The van der Waals surface area contributed by atoms with Crippen molar-refractivity contribution >= 4 is 5.91 Å². The highest BCUT2D eigenvalue weighted by molar-refractivity contribution is 5.95. The molecule has 1 aliphatic heterocycles. The van der Waals surface area contributed by atoms with Gasteiger partial charge in [-0.3, -0.25) is 4.79 Å². The van der Waals surface area contributed by atoms with Crippen molar-refractivity contribution in [1.82, 2.24) is 4.90 Å². The lowest BCUT2D eigenvalue weighted by Crippen LogP contribution is -2.31. The normalized spacial score (nSPS) is 17.7. The quantitative estimate of drug-likeness (QED) is 0.942. The average molecular weight is 316 g/mol. The fourth-order valence-corrected chi connectivity index (χ4v) is 2.78. The number of nitrogens with zero attached hydrogens (tertiary/aromatic N) is 1. The molecule has 5 heteroatoms. The molecule has 3 nitrogen and oxygen atoms in total. The maximum atomic E-state index is 12.6. The summed E-state index contributed by atoms with van der Waals surface area (Å²) in [5, 5.41) is 0. The van der Waals surface area contributed by atoms with Gasteiger partial charge in [-0.1, -0.05) is 36.4 Å². The Kier molecular flexibility index (Phi) is 4.39. The van der Waals surface area contributed by atoms with Gasteiger partial charge in [0.1, 0.15) is 0 Å². The zero-order valence-corrected chi connectivity index (χ0v) is 12.6. The van der Waals surface area contributed by atoms with Gasteiger partial charge in [-0.05, 0) is 29.7 Å². The fourth-order valence-electron chi connectivity index (χ4n) is 2.78. The molecule has 2 N–H and O–H groups in total. The van der Waals surface area contributed by atoms with E-state index in [4.69, 9.17) is 5.73 Å². The van der Waals surface area contributed by atoms with Gasteiger partial charge in [0.05, 0.1) is 0 Å². The van der Waals surface area contributed by atoms with Crippen molar-refractivity contribution in [3.8, 4) is 11.1 Å². The first-order chi connectivity index (χ1) is 11.0. The van der Waals surface area contributed by atoms with Gasteiger partial charge in [-0.2, -0.15) is 0 Å². The molecule has 0 radical (unpaired) electrons. The lowest BCUT2D eigenvalue weighted by molar-refractivity contribution is 0.0791. The molecule has 2 aromatic rings. The first-order valence-electron chi connectivity index (χ1n) is 7.58. The van der Waals surface area contributed by atoms with Crippen molar-refractivity contribution in [1.29, 1.82) is 0 Å². The van der Waals surface area contributed by atoms with Crippen LogP contribution >= 0.6 is 0 Å². The second-order valence-corrected chi connectivity index (χ2v) is 5.80. The van der Waals surface area contributed by atoms with Gasteiger partial charge in [0.15, 0.2) is 0 Å². The summed E-state index contributed by atoms with van der Waals surface area (Å²) in [6.45, 7) is 1.28. The number of alkyl halides is 2. The number of carbonyl (C=O) groups excluding carboxylic acids is 1. The van der Waals surface area contributed by atoms with Crippen molar-refractivity contribution < 1.29 is 13.6 Å². The first-order valence-corrected chi connectivity index (χ1v) is 7.58. The molecule has 0 spiro atoms. The van der Waals surface area contributed by atoms with E-state index in [1.54, 1.807) is 29.2 Å². The van der Waals surface area contributed by atoms with Gasteiger partial charge in [0.25, 0.3) is 12.3 Å². The Morgan fingerprint density at radius 2 is 1.61 bits per heavy atom. The molecule has 0 unspecified atom stereocenters. The van der Waals surface area contributed by atoms with Crippen LogP contribution in [0.15, 0.2) is 48.5 Å². The lowest BCUT2D eigenvalue weighted by atomic mass is 10.0. The first kappa shape index (κ1) is 15.6. The van der Waals surface area contributed by atoms with Gasteiger partial charge >= 0.3 is 0 Å². The molecule has 1 fully saturated rings. The molecule has 0 aliphatic carbocycles. The molecule has 0 saturated carbocycles. The van der Waals surface area contributed by atoms with Crippen LogP contribution < -0.4 is 5.73 Å². The van der Waals surface area contributed by atoms with Crippen molar-refractivity contribution in [2.75, 3.05) is 13.1 Å². The zero-order chi connectivity index (χ0) is 16.4. The molecule has 0 bridgehead atoms. The number of amides is 1. The number of likely N-dealkylation sites (tertiary alicyclic amines) is 1. The summed E-state index contributed by atoms with van der Waals surface area (Å²) < 4.78 is 25.1. The van der Waals surface area contributed by atoms with Crippen molar-refractivity contribution in [2.24, 2.45) is 5.73 Å². The number of benzene rings is 2. The molecule has 120 valence electrons. The van der Waals surface area contributed by atoms with Crippen LogP contribution in [0.25, 0.3) is 11.1 Å². The van der Waals surface area contributed by atoms with Crippen LogP contribution in [-0.4, -0.2) is 29.9 Å². The van der Waals surface area contributed by atoms with Crippen LogP contribution in [0.1, 0.15) is 28.8 Å². The predicted octanol–water partition coefficient (Wildman–Crippen LogP) is 3.46. The van der Waals surface area contributed by atoms with Crippen molar-refractivity contribution in [3.63, 3.8) is 0 Å². The SMILES string of the molecule is N[C@H]1CCN(C(=O)c2ccc(-c3ccc(C(F)F)cc3)cc2)C1.